The molecular weight excluding hydrogens is 245 g/mol. The number of ether oxygens (including phenoxy) is 1. The van der Waals surface area contributed by atoms with Gasteiger partial charge in [0.25, 0.3) is 0 Å². The van der Waals surface area contributed by atoms with Crippen molar-refractivity contribution in [2.24, 2.45) is 0 Å². The van der Waals surface area contributed by atoms with Crippen molar-refractivity contribution in [3.63, 3.8) is 0 Å². The van der Waals surface area contributed by atoms with Crippen molar-refractivity contribution in [3.8, 4) is 5.75 Å². The van der Waals surface area contributed by atoms with Gasteiger partial charge in [-0.3, -0.25) is 4.68 Å². The van der Waals surface area contributed by atoms with E-state index in [0.29, 0.717) is 11.7 Å². The molecule has 1 unspecified atom stereocenters. The number of para-hydroxylation sites is 1. The molecule has 5 heteroatoms. The summed E-state index contributed by atoms with van der Waals surface area (Å²) in [5, 5.41) is 4.38. The molecule has 2 rings (SSSR count). The van der Waals surface area contributed by atoms with Crippen LogP contribution in [0, 0.1) is 5.82 Å². The largest absolute Gasteiger partial charge is 0.482 e. The molecule has 1 atom stereocenters. The minimum absolute atomic E-state index is 0.0839. The molecule has 1 aromatic carbocycles. The number of aromatic nitrogens is 2. The second-order valence-corrected chi connectivity index (χ2v) is 4.49. The number of nitrogens with zero attached hydrogens (tertiary/aromatic N) is 2. The molecule has 1 aromatic heterocycles. The van der Waals surface area contributed by atoms with Crippen molar-refractivity contribution in [2.45, 2.75) is 32.9 Å². The standard InChI is InChI=1S/C14H18FN3O/c1-3-10(2)18-8-7-11(17-18)9-19-14-12(15)5-4-6-13(14)16/h4-8,10H,3,9,16H2,1-2H3. The van der Waals surface area contributed by atoms with E-state index in [0.717, 1.165) is 12.1 Å². The van der Waals surface area contributed by atoms with E-state index in [-0.39, 0.29) is 12.4 Å². The van der Waals surface area contributed by atoms with E-state index in [9.17, 15) is 4.39 Å². The first-order chi connectivity index (χ1) is 9.11. The second kappa shape index (κ2) is 5.73. The third-order valence-corrected chi connectivity index (χ3v) is 3.07. The third-order valence-electron chi connectivity index (χ3n) is 3.07. The maximum Gasteiger partial charge on any atom is 0.178 e. The Morgan fingerprint density at radius 3 is 2.89 bits per heavy atom. The van der Waals surface area contributed by atoms with Crippen molar-refractivity contribution in [1.82, 2.24) is 9.78 Å². The summed E-state index contributed by atoms with van der Waals surface area (Å²) in [6.07, 6.45) is 2.90. The van der Waals surface area contributed by atoms with E-state index < -0.39 is 5.82 Å². The fraction of sp³-hybridized carbons (Fsp3) is 0.357. The van der Waals surface area contributed by atoms with Gasteiger partial charge < -0.3 is 10.5 Å². The van der Waals surface area contributed by atoms with E-state index in [4.69, 9.17) is 10.5 Å². The van der Waals surface area contributed by atoms with Gasteiger partial charge >= 0.3 is 0 Å². The molecule has 0 amide bonds. The highest BCUT2D eigenvalue weighted by atomic mass is 19.1. The molecule has 0 spiro atoms. The Balaban J connectivity index is 2.05. The smallest absolute Gasteiger partial charge is 0.178 e. The third kappa shape index (κ3) is 3.05. The predicted molar refractivity (Wildman–Crippen MR) is 72.4 cm³/mol. The minimum atomic E-state index is -0.457. The van der Waals surface area contributed by atoms with Crippen LogP contribution in [-0.2, 0) is 6.61 Å². The SMILES string of the molecule is CCC(C)n1ccc(COc2c(N)cccc2F)n1. The van der Waals surface area contributed by atoms with E-state index in [2.05, 4.69) is 18.9 Å². The minimum Gasteiger partial charge on any atom is -0.482 e. The number of benzene rings is 1. The van der Waals surface area contributed by atoms with E-state index in [1.807, 2.05) is 16.9 Å². The predicted octanol–water partition coefficient (Wildman–Crippen LogP) is 3.15. The zero-order valence-corrected chi connectivity index (χ0v) is 11.1. The zero-order valence-electron chi connectivity index (χ0n) is 11.1. The van der Waals surface area contributed by atoms with Gasteiger partial charge in [-0.05, 0) is 31.5 Å². The maximum absolute atomic E-state index is 13.5. The molecule has 0 saturated carbocycles. The summed E-state index contributed by atoms with van der Waals surface area (Å²) >= 11 is 0. The van der Waals surface area contributed by atoms with Crippen molar-refractivity contribution in [3.05, 3.63) is 42.0 Å². The van der Waals surface area contributed by atoms with E-state index in [1.54, 1.807) is 12.1 Å². The zero-order chi connectivity index (χ0) is 13.8. The van der Waals surface area contributed by atoms with Gasteiger partial charge in [-0.25, -0.2) is 4.39 Å². The van der Waals surface area contributed by atoms with Crippen molar-refractivity contribution in [2.75, 3.05) is 5.73 Å². The van der Waals surface area contributed by atoms with Crippen LogP contribution in [0.15, 0.2) is 30.5 Å². The summed E-state index contributed by atoms with van der Waals surface area (Å²) < 4.78 is 20.8. The summed E-state index contributed by atoms with van der Waals surface area (Å²) in [5.41, 5.74) is 6.72. The maximum atomic E-state index is 13.5. The Bertz CT molecular complexity index is 533. The van der Waals surface area contributed by atoms with Gasteiger partial charge in [-0.2, -0.15) is 5.10 Å². The Morgan fingerprint density at radius 2 is 2.21 bits per heavy atom. The highest BCUT2D eigenvalue weighted by Gasteiger charge is 2.09. The molecule has 19 heavy (non-hydrogen) atoms. The van der Waals surface area contributed by atoms with Crippen molar-refractivity contribution in [1.29, 1.82) is 0 Å². The lowest BCUT2D eigenvalue weighted by Gasteiger charge is -2.09. The van der Waals surface area contributed by atoms with Crippen LogP contribution in [0.4, 0.5) is 10.1 Å². The van der Waals surface area contributed by atoms with Crippen LogP contribution in [0.2, 0.25) is 0 Å². The van der Waals surface area contributed by atoms with Crippen LogP contribution in [0.25, 0.3) is 0 Å². The lowest BCUT2D eigenvalue weighted by atomic mass is 10.3. The molecule has 0 saturated heterocycles. The molecule has 0 aliphatic rings. The van der Waals surface area contributed by atoms with Crippen LogP contribution in [0.3, 0.4) is 0 Å². The van der Waals surface area contributed by atoms with Gasteiger partial charge in [0.1, 0.15) is 6.61 Å². The number of rotatable bonds is 5. The quantitative estimate of drug-likeness (QED) is 0.843. The number of nitrogen functional groups attached to an aromatic ring is 1. The summed E-state index contributed by atoms with van der Waals surface area (Å²) in [7, 11) is 0. The van der Waals surface area contributed by atoms with Crippen molar-refractivity contribution >= 4 is 5.69 Å². The average molecular weight is 263 g/mol. The normalized spacial score (nSPS) is 12.4. The number of hydrogen-bond donors (Lipinski definition) is 1. The van der Waals surface area contributed by atoms with E-state index in [1.165, 1.54) is 6.07 Å². The molecule has 102 valence electrons. The van der Waals surface area contributed by atoms with Gasteiger partial charge in [0.15, 0.2) is 11.6 Å². The van der Waals surface area contributed by atoms with Gasteiger partial charge in [0.05, 0.1) is 11.4 Å². The Labute approximate surface area is 112 Å². The number of halogens is 1. The van der Waals surface area contributed by atoms with Gasteiger partial charge in [-0.1, -0.05) is 13.0 Å². The first-order valence-corrected chi connectivity index (χ1v) is 6.32. The number of nitrogens with two attached hydrogens (primary N) is 1. The van der Waals surface area contributed by atoms with Crippen LogP contribution in [0.1, 0.15) is 32.0 Å². The van der Waals surface area contributed by atoms with Crippen LogP contribution in [-0.4, -0.2) is 9.78 Å². The molecule has 4 nitrogen and oxygen atoms in total. The molecule has 1 heterocycles. The molecule has 0 fully saturated rings. The fourth-order valence-electron chi connectivity index (χ4n) is 1.71. The summed E-state index contributed by atoms with van der Waals surface area (Å²) in [5.74, 6) is -0.373. The van der Waals surface area contributed by atoms with Gasteiger partial charge in [0.2, 0.25) is 0 Å². The summed E-state index contributed by atoms with van der Waals surface area (Å²) in [6.45, 7) is 4.39. The molecule has 0 radical (unpaired) electrons. The molecule has 0 aliphatic heterocycles. The van der Waals surface area contributed by atoms with Crippen molar-refractivity contribution < 1.29 is 9.13 Å². The van der Waals surface area contributed by atoms with E-state index >= 15 is 0 Å². The van der Waals surface area contributed by atoms with Gasteiger partial charge in [0, 0.05) is 12.2 Å². The Hall–Kier alpha value is -2.04. The fourth-order valence-corrected chi connectivity index (χ4v) is 1.71. The first-order valence-electron chi connectivity index (χ1n) is 6.32. The molecule has 0 aliphatic carbocycles. The van der Waals surface area contributed by atoms with Gasteiger partial charge in [-0.15, -0.1) is 0 Å². The number of hydrogen-bond acceptors (Lipinski definition) is 3. The average Bonchev–Trinajstić information content (AvgIpc) is 2.86. The first kappa shape index (κ1) is 13.4. The summed E-state index contributed by atoms with van der Waals surface area (Å²) in [4.78, 5) is 0. The second-order valence-electron chi connectivity index (χ2n) is 4.49. The topological polar surface area (TPSA) is 53.1 Å². The monoisotopic (exact) mass is 263 g/mol. The molecular formula is C14H18FN3O. The number of anilines is 1. The Kier molecular flexibility index (Phi) is 4.04. The highest BCUT2D eigenvalue weighted by Crippen LogP contribution is 2.25. The van der Waals surface area contributed by atoms with Crippen LogP contribution < -0.4 is 10.5 Å². The highest BCUT2D eigenvalue weighted by molar-refractivity contribution is 5.52. The summed E-state index contributed by atoms with van der Waals surface area (Å²) in [6, 6.07) is 6.69. The van der Waals surface area contributed by atoms with Crippen LogP contribution >= 0.6 is 0 Å². The molecule has 0 bridgehead atoms. The molecule has 2 N–H and O–H groups in total. The Morgan fingerprint density at radius 1 is 1.42 bits per heavy atom. The lowest BCUT2D eigenvalue weighted by Crippen LogP contribution is -2.06. The van der Waals surface area contributed by atoms with Crippen LogP contribution in [0.5, 0.6) is 5.75 Å². The molecule has 2 aromatic rings. The lowest BCUT2D eigenvalue weighted by molar-refractivity contribution is 0.285.